The van der Waals surface area contributed by atoms with Crippen molar-refractivity contribution < 1.29 is 4.79 Å². The van der Waals surface area contributed by atoms with Crippen LogP contribution in [0.1, 0.15) is 17.9 Å². The summed E-state index contributed by atoms with van der Waals surface area (Å²) in [5.74, 6) is -0.608. The standard InChI is InChI=1S/C13H13ClN2O/c1-2-7-16-13(17)8-11(9-15)10-3-5-12(14)6-4-10/h2-6,11H,1,7-8H2,(H,16,17). The molecular weight excluding hydrogens is 236 g/mol. The first kappa shape index (κ1) is 13.3. The number of benzene rings is 1. The Morgan fingerprint density at radius 3 is 2.71 bits per heavy atom. The first-order chi connectivity index (χ1) is 8.17. The molecule has 0 saturated heterocycles. The van der Waals surface area contributed by atoms with E-state index >= 15 is 0 Å². The zero-order valence-electron chi connectivity index (χ0n) is 9.32. The van der Waals surface area contributed by atoms with E-state index in [1.54, 1.807) is 30.3 Å². The van der Waals surface area contributed by atoms with E-state index in [-0.39, 0.29) is 12.3 Å². The van der Waals surface area contributed by atoms with Crippen LogP contribution in [-0.4, -0.2) is 12.5 Å². The Morgan fingerprint density at radius 1 is 1.53 bits per heavy atom. The van der Waals surface area contributed by atoms with Crippen molar-refractivity contribution in [2.75, 3.05) is 6.54 Å². The first-order valence-corrected chi connectivity index (χ1v) is 5.58. The predicted molar refractivity (Wildman–Crippen MR) is 67.6 cm³/mol. The lowest BCUT2D eigenvalue weighted by molar-refractivity contribution is -0.121. The zero-order valence-corrected chi connectivity index (χ0v) is 10.1. The van der Waals surface area contributed by atoms with E-state index < -0.39 is 5.92 Å². The molecule has 0 aliphatic carbocycles. The molecule has 0 radical (unpaired) electrons. The van der Waals surface area contributed by atoms with Crippen molar-refractivity contribution in [2.24, 2.45) is 0 Å². The van der Waals surface area contributed by atoms with Crippen molar-refractivity contribution in [3.05, 3.63) is 47.5 Å². The van der Waals surface area contributed by atoms with Crippen molar-refractivity contribution in [2.45, 2.75) is 12.3 Å². The van der Waals surface area contributed by atoms with Crippen LogP contribution in [0.3, 0.4) is 0 Å². The average Bonchev–Trinajstić information content (AvgIpc) is 2.34. The van der Waals surface area contributed by atoms with E-state index in [1.807, 2.05) is 0 Å². The molecule has 1 aromatic rings. The van der Waals surface area contributed by atoms with Gasteiger partial charge in [0.2, 0.25) is 5.91 Å². The lowest BCUT2D eigenvalue weighted by atomic mass is 9.97. The molecule has 0 aromatic heterocycles. The van der Waals surface area contributed by atoms with Crippen LogP contribution in [0.25, 0.3) is 0 Å². The van der Waals surface area contributed by atoms with E-state index in [0.717, 1.165) is 5.56 Å². The molecule has 17 heavy (non-hydrogen) atoms. The van der Waals surface area contributed by atoms with E-state index in [0.29, 0.717) is 11.6 Å². The summed E-state index contributed by atoms with van der Waals surface area (Å²) in [4.78, 5) is 11.5. The van der Waals surface area contributed by atoms with Crippen LogP contribution < -0.4 is 5.32 Å². The number of amides is 1. The molecule has 1 N–H and O–H groups in total. The van der Waals surface area contributed by atoms with Crippen LogP contribution >= 0.6 is 11.6 Å². The van der Waals surface area contributed by atoms with Gasteiger partial charge >= 0.3 is 0 Å². The highest BCUT2D eigenvalue weighted by atomic mass is 35.5. The third-order valence-corrected chi connectivity index (χ3v) is 2.51. The molecule has 4 heteroatoms. The highest BCUT2D eigenvalue weighted by molar-refractivity contribution is 6.30. The lowest BCUT2D eigenvalue weighted by Crippen LogP contribution is -2.24. The molecule has 1 unspecified atom stereocenters. The van der Waals surface area contributed by atoms with Crippen molar-refractivity contribution in [3.63, 3.8) is 0 Å². The molecule has 0 fully saturated rings. The molecule has 0 spiro atoms. The van der Waals surface area contributed by atoms with Gasteiger partial charge < -0.3 is 5.32 Å². The fraction of sp³-hybridized carbons (Fsp3) is 0.231. The molecule has 0 bridgehead atoms. The number of rotatable bonds is 5. The minimum Gasteiger partial charge on any atom is -0.353 e. The normalized spacial score (nSPS) is 11.3. The summed E-state index contributed by atoms with van der Waals surface area (Å²) in [6.45, 7) is 3.92. The first-order valence-electron chi connectivity index (χ1n) is 5.20. The number of nitriles is 1. The van der Waals surface area contributed by atoms with E-state index in [2.05, 4.69) is 18.0 Å². The monoisotopic (exact) mass is 248 g/mol. The van der Waals surface area contributed by atoms with Crippen LogP contribution in [-0.2, 0) is 4.79 Å². The number of nitrogens with one attached hydrogen (secondary N) is 1. The summed E-state index contributed by atoms with van der Waals surface area (Å²) < 4.78 is 0. The molecule has 0 heterocycles. The largest absolute Gasteiger partial charge is 0.353 e. The Bertz CT molecular complexity index is 434. The number of hydrogen-bond acceptors (Lipinski definition) is 2. The summed E-state index contributed by atoms with van der Waals surface area (Å²) in [5, 5.41) is 12.3. The summed E-state index contributed by atoms with van der Waals surface area (Å²) in [6, 6.07) is 9.06. The molecule has 1 aromatic carbocycles. The minimum absolute atomic E-state index is 0.145. The number of carbonyl (C=O) groups is 1. The molecule has 1 atom stereocenters. The smallest absolute Gasteiger partial charge is 0.221 e. The molecule has 0 aliphatic rings. The summed E-state index contributed by atoms with van der Waals surface area (Å²) in [5.41, 5.74) is 0.797. The minimum atomic E-state index is -0.447. The van der Waals surface area contributed by atoms with Gasteiger partial charge in [-0.15, -0.1) is 6.58 Å². The molecule has 0 aliphatic heterocycles. The van der Waals surface area contributed by atoms with Crippen LogP contribution in [0.15, 0.2) is 36.9 Å². The van der Waals surface area contributed by atoms with Gasteiger partial charge in [-0.1, -0.05) is 29.8 Å². The fourth-order valence-corrected chi connectivity index (χ4v) is 1.50. The van der Waals surface area contributed by atoms with Crippen molar-refractivity contribution in [1.29, 1.82) is 5.26 Å². The third-order valence-electron chi connectivity index (χ3n) is 2.26. The molecule has 0 saturated carbocycles. The molecule has 3 nitrogen and oxygen atoms in total. The molecular formula is C13H13ClN2O. The topological polar surface area (TPSA) is 52.9 Å². The molecule has 1 amide bonds. The van der Waals surface area contributed by atoms with Gasteiger partial charge in [-0.05, 0) is 17.7 Å². The second kappa shape index (κ2) is 6.72. The fourth-order valence-electron chi connectivity index (χ4n) is 1.38. The average molecular weight is 249 g/mol. The number of nitrogens with zero attached hydrogens (tertiary/aromatic N) is 1. The highest BCUT2D eigenvalue weighted by Gasteiger charge is 2.14. The van der Waals surface area contributed by atoms with Crippen LogP contribution in [0.2, 0.25) is 5.02 Å². The van der Waals surface area contributed by atoms with Gasteiger partial charge in [0.1, 0.15) is 0 Å². The van der Waals surface area contributed by atoms with E-state index in [1.165, 1.54) is 0 Å². The Hall–Kier alpha value is -1.79. The van der Waals surface area contributed by atoms with Gasteiger partial charge in [0, 0.05) is 18.0 Å². The van der Waals surface area contributed by atoms with Gasteiger partial charge in [-0.2, -0.15) is 5.26 Å². The van der Waals surface area contributed by atoms with E-state index in [9.17, 15) is 4.79 Å². The van der Waals surface area contributed by atoms with Gasteiger partial charge in [-0.3, -0.25) is 4.79 Å². The Balaban J connectivity index is 2.66. The number of carbonyl (C=O) groups excluding carboxylic acids is 1. The quantitative estimate of drug-likeness (QED) is 0.815. The van der Waals surface area contributed by atoms with Crippen molar-refractivity contribution >= 4 is 17.5 Å². The van der Waals surface area contributed by atoms with Crippen LogP contribution in [0.4, 0.5) is 0 Å². The predicted octanol–water partition coefficient (Wildman–Crippen LogP) is 2.64. The lowest BCUT2D eigenvalue weighted by Gasteiger charge is -2.09. The van der Waals surface area contributed by atoms with Crippen molar-refractivity contribution in [1.82, 2.24) is 5.32 Å². The summed E-state index contributed by atoms with van der Waals surface area (Å²) >= 11 is 5.76. The van der Waals surface area contributed by atoms with Gasteiger partial charge in [0.15, 0.2) is 0 Å². The van der Waals surface area contributed by atoms with Crippen molar-refractivity contribution in [3.8, 4) is 6.07 Å². The van der Waals surface area contributed by atoms with Gasteiger partial charge in [0.05, 0.1) is 12.0 Å². The molecule has 1 rings (SSSR count). The van der Waals surface area contributed by atoms with Gasteiger partial charge in [0.25, 0.3) is 0 Å². The maximum absolute atomic E-state index is 11.5. The van der Waals surface area contributed by atoms with Gasteiger partial charge in [-0.25, -0.2) is 0 Å². The maximum Gasteiger partial charge on any atom is 0.221 e. The summed E-state index contributed by atoms with van der Waals surface area (Å²) in [6.07, 6.45) is 1.74. The van der Waals surface area contributed by atoms with E-state index in [4.69, 9.17) is 16.9 Å². The Labute approximate surface area is 106 Å². The Kier molecular flexibility index (Phi) is 5.25. The second-order valence-electron chi connectivity index (χ2n) is 3.53. The van der Waals surface area contributed by atoms with Crippen LogP contribution in [0.5, 0.6) is 0 Å². The second-order valence-corrected chi connectivity index (χ2v) is 3.97. The number of halogens is 1. The number of hydrogen-bond donors (Lipinski definition) is 1. The highest BCUT2D eigenvalue weighted by Crippen LogP contribution is 2.20. The Morgan fingerprint density at radius 2 is 2.18 bits per heavy atom. The third kappa shape index (κ3) is 4.29. The summed E-state index contributed by atoms with van der Waals surface area (Å²) in [7, 11) is 0. The van der Waals surface area contributed by atoms with Crippen LogP contribution in [0, 0.1) is 11.3 Å². The SMILES string of the molecule is C=CCNC(=O)CC(C#N)c1ccc(Cl)cc1. The maximum atomic E-state index is 11.5. The zero-order chi connectivity index (χ0) is 12.7. The molecule has 88 valence electrons.